The highest BCUT2D eigenvalue weighted by molar-refractivity contribution is 6.02. The van der Waals surface area contributed by atoms with Gasteiger partial charge >= 0.3 is 6.18 Å². The molecule has 1 aromatic carbocycles. The Hall–Kier alpha value is -3.17. The van der Waals surface area contributed by atoms with Gasteiger partial charge in [-0.3, -0.25) is 14.6 Å². The minimum Gasteiger partial charge on any atom is -0.304 e. The molecule has 0 aliphatic heterocycles. The summed E-state index contributed by atoms with van der Waals surface area (Å²) >= 11 is 0. The van der Waals surface area contributed by atoms with E-state index in [4.69, 9.17) is 0 Å². The van der Waals surface area contributed by atoms with E-state index >= 15 is 0 Å². The van der Waals surface area contributed by atoms with Gasteiger partial charge in [0, 0.05) is 23.4 Å². The third-order valence-electron chi connectivity index (χ3n) is 3.62. The number of carbonyl (C=O) groups excluding carboxylic acids is 1. The summed E-state index contributed by atoms with van der Waals surface area (Å²) in [5, 5.41) is 11.6. The average molecular weight is 367 g/mol. The molecule has 0 aliphatic carbocycles. The summed E-state index contributed by atoms with van der Waals surface area (Å²) in [6.45, 7) is 1.86. The lowest BCUT2D eigenvalue weighted by Gasteiger charge is -2.05. The van der Waals surface area contributed by atoms with Gasteiger partial charge in [0.1, 0.15) is 11.5 Å². The number of rotatable bonds is 4. The molecule has 0 bridgehead atoms. The van der Waals surface area contributed by atoms with Gasteiger partial charge in [-0.1, -0.05) is 18.2 Å². The molecule has 0 unspecified atom stereocenters. The monoisotopic (exact) mass is 367 g/mol. The lowest BCUT2D eigenvalue weighted by molar-refractivity contribution is -0.141. The maximum Gasteiger partial charge on any atom is 0.432 e. The number of benzene rings is 1. The van der Waals surface area contributed by atoms with Gasteiger partial charge in [0.25, 0.3) is 5.91 Å². The number of aromatic amines is 1. The van der Waals surface area contributed by atoms with Crippen molar-refractivity contribution in [2.75, 3.05) is 5.32 Å². The Kier molecular flexibility index (Phi) is 4.49. The molecule has 3 rings (SSSR count). The molecule has 1 amide bonds. The van der Waals surface area contributed by atoms with Crippen LogP contribution in [0.25, 0.3) is 0 Å². The summed E-state index contributed by atoms with van der Waals surface area (Å²) in [5.41, 5.74) is -0.484. The van der Waals surface area contributed by atoms with Gasteiger partial charge in [-0.25, -0.2) is 4.39 Å². The highest BCUT2D eigenvalue weighted by Gasteiger charge is 2.33. The number of hydrogen-bond donors (Lipinski definition) is 2. The minimum absolute atomic E-state index is 0.125. The minimum atomic E-state index is -4.62. The van der Waals surface area contributed by atoms with Crippen molar-refractivity contribution in [2.45, 2.75) is 19.6 Å². The maximum atomic E-state index is 13.7. The summed E-state index contributed by atoms with van der Waals surface area (Å²) in [5.74, 6) is -1.10. The molecule has 136 valence electrons. The smallest absolute Gasteiger partial charge is 0.304 e. The molecule has 0 radical (unpaired) electrons. The van der Waals surface area contributed by atoms with E-state index in [1.54, 1.807) is 30.2 Å². The molecule has 0 saturated heterocycles. The Morgan fingerprint density at radius 3 is 2.65 bits per heavy atom. The second-order valence-corrected chi connectivity index (χ2v) is 5.54. The maximum absolute atomic E-state index is 13.7. The van der Waals surface area contributed by atoms with E-state index in [0.717, 1.165) is 0 Å². The fourth-order valence-electron chi connectivity index (χ4n) is 2.28. The summed E-state index contributed by atoms with van der Waals surface area (Å²) in [6.07, 6.45) is -4.62. The molecule has 0 spiro atoms. The van der Waals surface area contributed by atoms with Crippen LogP contribution >= 0.6 is 0 Å². The SMILES string of the molecule is Cc1cc(NC(=O)c2cc(C(F)(F)F)[nH]n2)nn1Cc1ccccc1F. The van der Waals surface area contributed by atoms with E-state index in [2.05, 4.69) is 15.5 Å². The van der Waals surface area contributed by atoms with Gasteiger partial charge < -0.3 is 5.32 Å². The Balaban J connectivity index is 1.74. The van der Waals surface area contributed by atoms with Crippen molar-refractivity contribution in [3.8, 4) is 0 Å². The van der Waals surface area contributed by atoms with Crippen LogP contribution in [0.4, 0.5) is 23.4 Å². The molecule has 0 atom stereocenters. The van der Waals surface area contributed by atoms with Crippen molar-refractivity contribution in [3.05, 3.63) is 64.9 Å². The largest absolute Gasteiger partial charge is 0.432 e. The van der Waals surface area contributed by atoms with E-state index in [1.165, 1.54) is 16.8 Å². The molecule has 10 heteroatoms. The van der Waals surface area contributed by atoms with Crippen molar-refractivity contribution in [3.63, 3.8) is 0 Å². The number of H-pyrrole nitrogens is 1. The Morgan fingerprint density at radius 1 is 1.27 bits per heavy atom. The Labute approximate surface area is 144 Å². The molecule has 2 N–H and O–H groups in total. The van der Waals surface area contributed by atoms with Crippen LogP contribution in [0.3, 0.4) is 0 Å². The fraction of sp³-hybridized carbons (Fsp3) is 0.188. The van der Waals surface area contributed by atoms with Crippen molar-refractivity contribution in [1.29, 1.82) is 0 Å². The van der Waals surface area contributed by atoms with Crippen LogP contribution in [-0.2, 0) is 12.7 Å². The van der Waals surface area contributed by atoms with Crippen LogP contribution in [0.1, 0.15) is 27.4 Å². The molecule has 0 saturated carbocycles. The molecule has 3 aromatic rings. The quantitative estimate of drug-likeness (QED) is 0.694. The first-order valence-corrected chi connectivity index (χ1v) is 7.46. The summed E-state index contributed by atoms with van der Waals surface area (Å²) in [4.78, 5) is 12.0. The lowest BCUT2D eigenvalue weighted by Crippen LogP contribution is -2.13. The average Bonchev–Trinajstić information content (AvgIpc) is 3.17. The molecule has 0 aliphatic rings. The second kappa shape index (κ2) is 6.62. The fourth-order valence-corrected chi connectivity index (χ4v) is 2.28. The van der Waals surface area contributed by atoms with E-state index < -0.39 is 23.5 Å². The number of carbonyl (C=O) groups is 1. The molecule has 6 nitrogen and oxygen atoms in total. The summed E-state index contributed by atoms with van der Waals surface area (Å²) in [7, 11) is 0. The van der Waals surface area contributed by atoms with Gasteiger partial charge in [0.2, 0.25) is 0 Å². The Morgan fingerprint density at radius 2 is 2.00 bits per heavy atom. The number of halogens is 4. The zero-order chi connectivity index (χ0) is 18.9. The number of anilines is 1. The highest BCUT2D eigenvalue weighted by atomic mass is 19.4. The summed E-state index contributed by atoms with van der Waals surface area (Å²) in [6, 6.07) is 8.33. The number of nitrogens with zero attached hydrogens (tertiary/aromatic N) is 3. The number of hydrogen-bond acceptors (Lipinski definition) is 3. The molecule has 0 fully saturated rings. The number of alkyl halides is 3. The number of nitrogens with one attached hydrogen (secondary N) is 2. The van der Waals surface area contributed by atoms with Gasteiger partial charge in [-0.05, 0) is 13.0 Å². The van der Waals surface area contributed by atoms with Crippen LogP contribution < -0.4 is 5.32 Å². The standard InChI is InChI=1S/C16H13F4N5O/c1-9-6-14(24-25(9)8-10-4-2-3-5-11(10)17)21-15(26)12-7-13(23-22-12)16(18,19)20/h2-7H,8H2,1H3,(H,22,23)(H,21,24,26). The first-order valence-electron chi connectivity index (χ1n) is 7.46. The normalized spacial score (nSPS) is 11.6. The summed E-state index contributed by atoms with van der Waals surface area (Å²) < 4.78 is 52.8. The van der Waals surface area contributed by atoms with E-state index in [-0.39, 0.29) is 18.2 Å². The first kappa shape index (κ1) is 17.6. The predicted octanol–water partition coefficient (Wildman–Crippen LogP) is 3.37. The predicted molar refractivity (Wildman–Crippen MR) is 84.0 cm³/mol. The third-order valence-corrected chi connectivity index (χ3v) is 3.62. The van der Waals surface area contributed by atoms with Gasteiger partial charge in [-0.2, -0.15) is 23.4 Å². The molecular formula is C16H13F4N5O. The zero-order valence-electron chi connectivity index (χ0n) is 13.4. The van der Waals surface area contributed by atoms with Gasteiger partial charge in [0.15, 0.2) is 11.5 Å². The third kappa shape index (κ3) is 3.73. The number of amides is 1. The van der Waals surface area contributed by atoms with Gasteiger partial charge in [-0.15, -0.1) is 0 Å². The number of aromatic nitrogens is 4. The van der Waals surface area contributed by atoms with Gasteiger partial charge in [0.05, 0.1) is 6.54 Å². The first-order chi connectivity index (χ1) is 12.2. The van der Waals surface area contributed by atoms with Crippen molar-refractivity contribution < 1.29 is 22.4 Å². The van der Waals surface area contributed by atoms with Crippen molar-refractivity contribution in [2.24, 2.45) is 0 Å². The molecule has 2 heterocycles. The van der Waals surface area contributed by atoms with E-state index in [0.29, 0.717) is 17.3 Å². The lowest BCUT2D eigenvalue weighted by atomic mass is 10.2. The van der Waals surface area contributed by atoms with Crippen LogP contribution in [0, 0.1) is 12.7 Å². The second-order valence-electron chi connectivity index (χ2n) is 5.54. The highest BCUT2D eigenvalue weighted by Crippen LogP contribution is 2.27. The topological polar surface area (TPSA) is 75.6 Å². The van der Waals surface area contributed by atoms with Crippen LogP contribution in [0.5, 0.6) is 0 Å². The van der Waals surface area contributed by atoms with Crippen molar-refractivity contribution in [1.82, 2.24) is 20.0 Å². The van der Waals surface area contributed by atoms with E-state index in [1.807, 2.05) is 0 Å². The number of aryl methyl sites for hydroxylation is 1. The molecule has 2 aromatic heterocycles. The van der Waals surface area contributed by atoms with Crippen molar-refractivity contribution >= 4 is 11.7 Å². The van der Waals surface area contributed by atoms with Crippen LogP contribution in [0.2, 0.25) is 0 Å². The molecule has 26 heavy (non-hydrogen) atoms. The van der Waals surface area contributed by atoms with Crippen LogP contribution in [-0.4, -0.2) is 25.9 Å². The zero-order valence-corrected chi connectivity index (χ0v) is 13.4. The van der Waals surface area contributed by atoms with E-state index in [9.17, 15) is 22.4 Å². The van der Waals surface area contributed by atoms with Crippen LogP contribution in [0.15, 0.2) is 36.4 Å². The Bertz CT molecular complexity index is 944. The molecular weight excluding hydrogens is 354 g/mol.